The monoisotopic (exact) mass is 471 g/mol. The van der Waals surface area contributed by atoms with Gasteiger partial charge in [-0.2, -0.15) is 4.98 Å². The van der Waals surface area contributed by atoms with E-state index in [9.17, 15) is 5.11 Å². The van der Waals surface area contributed by atoms with Crippen molar-refractivity contribution in [1.29, 1.82) is 0 Å². The first-order valence-electron chi connectivity index (χ1n) is 11.7. The van der Waals surface area contributed by atoms with Crippen LogP contribution in [0.4, 0.5) is 6.01 Å². The SMILES string of the molecule is CCOc1cc(CN(c2nc3cccc(OCC(O)CO)c3o2)C2CCNCC2)ccc1OC. The number of hydrogen-bond donors (Lipinski definition) is 3. The number of aliphatic hydroxyl groups is 2. The molecule has 9 nitrogen and oxygen atoms in total. The van der Waals surface area contributed by atoms with Gasteiger partial charge in [-0.1, -0.05) is 12.1 Å². The van der Waals surface area contributed by atoms with E-state index < -0.39 is 6.10 Å². The molecule has 9 heteroatoms. The number of rotatable bonds is 11. The molecule has 1 unspecified atom stereocenters. The highest BCUT2D eigenvalue weighted by atomic mass is 16.5. The lowest BCUT2D eigenvalue weighted by Gasteiger charge is -2.33. The van der Waals surface area contributed by atoms with E-state index in [4.69, 9.17) is 28.7 Å². The Kier molecular flexibility index (Phi) is 8.10. The summed E-state index contributed by atoms with van der Waals surface area (Å²) < 4.78 is 23.1. The molecule has 1 aromatic heterocycles. The Labute approximate surface area is 199 Å². The molecule has 0 saturated carbocycles. The van der Waals surface area contributed by atoms with Crippen molar-refractivity contribution in [2.24, 2.45) is 0 Å². The van der Waals surface area contributed by atoms with Crippen molar-refractivity contribution in [3.05, 3.63) is 42.0 Å². The summed E-state index contributed by atoms with van der Waals surface area (Å²) >= 11 is 0. The van der Waals surface area contributed by atoms with Crippen LogP contribution >= 0.6 is 0 Å². The molecule has 34 heavy (non-hydrogen) atoms. The van der Waals surface area contributed by atoms with Gasteiger partial charge in [0.15, 0.2) is 22.8 Å². The van der Waals surface area contributed by atoms with Crippen LogP contribution in [0.25, 0.3) is 11.1 Å². The Balaban J connectivity index is 1.65. The first-order chi connectivity index (χ1) is 16.6. The van der Waals surface area contributed by atoms with Gasteiger partial charge < -0.3 is 39.1 Å². The van der Waals surface area contributed by atoms with E-state index in [1.807, 2.05) is 37.3 Å². The minimum Gasteiger partial charge on any atom is -0.493 e. The predicted octanol–water partition coefficient (Wildman–Crippen LogP) is 2.73. The van der Waals surface area contributed by atoms with E-state index in [0.717, 1.165) is 31.5 Å². The molecule has 2 heterocycles. The molecule has 3 N–H and O–H groups in total. The zero-order valence-corrected chi connectivity index (χ0v) is 19.7. The quantitative estimate of drug-likeness (QED) is 0.389. The molecule has 4 rings (SSSR count). The highest BCUT2D eigenvalue weighted by Gasteiger charge is 2.26. The number of nitrogens with zero attached hydrogens (tertiary/aromatic N) is 2. The average molecular weight is 472 g/mol. The van der Waals surface area contributed by atoms with Gasteiger partial charge in [0.05, 0.1) is 20.3 Å². The summed E-state index contributed by atoms with van der Waals surface area (Å²) in [6.07, 6.45) is 0.983. The van der Waals surface area contributed by atoms with Crippen molar-refractivity contribution in [2.45, 2.75) is 38.5 Å². The Morgan fingerprint density at radius 3 is 2.71 bits per heavy atom. The average Bonchev–Trinajstić information content (AvgIpc) is 3.31. The Morgan fingerprint density at radius 1 is 1.15 bits per heavy atom. The van der Waals surface area contributed by atoms with Crippen molar-refractivity contribution in [1.82, 2.24) is 10.3 Å². The number of aromatic nitrogens is 1. The molecule has 1 aliphatic rings. The number of benzene rings is 2. The van der Waals surface area contributed by atoms with Crippen LogP contribution in [0, 0.1) is 0 Å². The molecule has 0 radical (unpaired) electrons. The molecule has 184 valence electrons. The molecular formula is C25H33N3O6. The maximum atomic E-state index is 9.66. The molecule has 3 aromatic rings. The molecule has 1 fully saturated rings. The molecule has 0 bridgehead atoms. The van der Waals surface area contributed by atoms with Crippen LogP contribution < -0.4 is 24.4 Å². The van der Waals surface area contributed by atoms with Crippen LogP contribution in [0.3, 0.4) is 0 Å². The number of piperidine rings is 1. The molecule has 1 saturated heterocycles. The number of nitrogens with one attached hydrogen (secondary N) is 1. The molecule has 0 amide bonds. The third kappa shape index (κ3) is 5.55. The maximum Gasteiger partial charge on any atom is 0.299 e. The zero-order valence-electron chi connectivity index (χ0n) is 19.7. The summed E-state index contributed by atoms with van der Waals surface area (Å²) in [5.41, 5.74) is 2.26. The fourth-order valence-electron chi connectivity index (χ4n) is 4.14. The second kappa shape index (κ2) is 11.4. The number of hydrogen-bond acceptors (Lipinski definition) is 9. The summed E-state index contributed by atoms with van der Waals surface area (Å²) in [5.74, 6) is 1.90. The van der Waals surface area contributed by atoms with Gasteiger partial charge in [0.2, 0.25) is 0 Å². The third-order valence-corrected chi connectivity index (χ3v) is 5.89. The predicted molar refractivity (Wildman–Crippen MR) is 129 cm³/mol. The van der Waals surface area contributed by atoms with Crippen LogP contribution in [0.1, 0.15) is 25.3 Å². The summed E-state index contributed by atoms with van der Waals surface area (Å²) in [6.45, 7) is 4.56. The van der Waals surface area contributed by atoms with E-state index in [1.165, 1.54) is 0 Å². The lowest BCUT2D eigenvalue weighted by Crippen LogP contribution is -2.43. The first-order valence-corrected chi connectivity index (χ1v) is 11.7. The number of anilines is 1. The molecular weight excluding hydrogens is 438 g/mol. The molecule has 0 spiro atoms. The fourth-order valence-corrected chi connectivity index (χ4v) is 4.14. The summed E-state index contributed by atoms with van der Waals surface area (Å²) in [6, 6.07) is 12.2. The molecule has 2 aromatic carbocycles. The van der Waals surface area contributed by atoms with Crippen LogP contribution in [0.2, 0.25) is 0 Å². The number of para-hydroxylation sites is 1. The summed E-state index contributed by atoms with van der Waals surface area (Å²) in [5, 5.41) is 22.2. The van der Waals surface area contributed by atoms with Gasteiger partial charge in [-0.3, -0.25) is 0 Å². The van der Waals surface area contributed by atoms with Gasteiger partial charge in [0.25, 0.3) is 6.01 Å². The van der Waals surface area contributed by atoms with E-state index in [0.29, 0.717) is 47.5 Å². The molecule has 1 atom stereocenters. The smallest absolute Gasteiger partial charge is 0.299 e. The van der Waals surface area contributed by atoms with E-state index in [2.05, 4.69) is 10.2 Å². The van der Waals surface area contributed by atoms with Crippen molar-refractivity contribution in [3.8, 4) is 17.2 Å². The van der Waals surface area contributed by atoms with Gasteiger partial charge >= 0.3 is 0 Å². The Bertz CT molecular complexity index is 1070. The minimum atomic E-state index is -0.960. The van der Waals surface area contributed by atoms with E-state index in [-0.39, 0.29) is 19.3 Å². The largest absolute Gasteiger partial charge is 0.493 e. The maximum absolute atomic E-state index is 9.66. The standard InChI is InChI=1S/C25H33N3O6/c1-3-32-23-13-17(7-8-21(23)31-2)14-28(18-9-11-26-12-10-18)25-27-20-5-4-6-22(24(20)34-25)33-16-19(30)15-29/h4-8,13,18-19,26,29-30H,3,9-12,14-16H2,1-2H3. The minimum absolute atomic E-state index is 0.0320. The number of aliphatic hydroxyl groups excluding tert-OH is 2. The van der Waals surface area contributed by atoms with E-state index >= 15 is 0 Å². The van der Waals surface area contributed by atoms with Crippen molar-refractivity contribution in [3.63, 3.8) is 0 Å². The number of oxazole rings is 1. The highest BCUT2D eigenvalue weighted by molar-refractivity contribution is 5.81. The summed E-state index contributed by atoms with van der Waals surface area (Å²) in [4.78, 5) is 6.97. The third-order valence-electron chi connectivity index (χ3n) is 5.89. The Morgan fingerprint density at radius 2 is 1.97 bits per heavy atom. The Hall–Kier alpha value is -3.01. The topological polar surface area (TPSA) is 109 Å². The van der Waals surface area contributed by atoms with Gasteiger partial charge in [0, 0.05) is 12.6 Å². The van der Waals surface area contributed by atoms with Gasteiger partial charge in [-0.25, -0.2) is 0 Å². The van der Waals surface area contributed by atoms with Crippen molar-refractivity contribution in [2.75, 3.05) is 44.9 Å². The van der Waals surface area contributed by atoms with Crippen molar-refractivity contribution < 1.29 is 28.8 Å². The van der Waals surface area contributed by atoms with Gasteiger partial charge in [0.1, 0.15) is 18.2 Å². The van der Waals surface area contributed by atoms with Crippen LogP contribution in [-0.2, 0) is 6.54 Å². The van der Waals surface area contributed by atoms with E-state index in [1.54, 1.807) is 13.2 Å². The molecule has 0 aliphatic carbocycles. The second-order valence-corrected chi connectivity index (χ2v) is 8.28. The normalized spacial score (nSPS) is 15.3. The zero-order chi connectivity index (χ0) is 23.9. The van der Waals surface area contributed by atoms with Crippen LogP contribution in [-0.4, -0.2) is 67.4 Å². The first kappa shape index (κ1) is 24.1. The van der Waals surface area contributed by atoms with Crippen molar-refractivity contribution >= 4 is 17.1 Å². The highest BCUT2D eigenvalue weighted by Crippen LogP contribution is 2.34. The van der Waals surface area contributed by atoms with Gasteiger partial charge in [-0.05, 0) is 62.7 Å². The number of ether oxygens (including phenoxy) is 3. The summed E-state index contributed by atoms with van der Waals surface area (Å²) in [7, 11) is 1.64. The van der Waals surface area contributed by atoms with Crippen LogP contribution in [0.5, 0.6) is 17.2 Å². The van der Waals surface area contributed by atoms with Crippen LogP contribution in [0.15, 0.2) is 40.8 Å². The second-order valence-electron chi connectivity index (χ2n) is 8.28. The lowest BCUT2D eigenvalue weighted by atomic mass is 10.0. The number of methoxy groups -OCH3 is 1. The van der Waals surface area contributed by atoms with Gasteiger partial charge in [-0.15, -0.1) is 0 Å². The number of fused-ring (bicyclic) bond motifs is 1. The molecule has 1 aliphatic heterocycles. The fraction of sp³-hybridized carbons (Fsp3) is 0.480. The lowest BCUT2D eigenvalue weighted by molar-refractivity contribution is 0.0538.